The van der Waals surface area contributed by atoms with Crippen LogP contribution in [0.3, 0.4) is 0 Å². The molecule has 0 aromatic heterocycles. The van der Waals surface area contributed by atoms with Gasteiger partial charge in [0.2, 0.25) is 23.6 Å². The summed E-state index contributed by atoms with van der Waals surface area (Å²) in [7, 11) is 0. The maximum atomic E-state index is 15.4. The van der Waals surface area contributed by atoms with Crippen molar-refractivity contribution in [2.45, 2.75) is 38.0 Å². The molecule has 8 rings (SSSR count). The normalized spacial score (nSPS) is 26.5. The number of ketones is 1. The first kappa shape index (κ1) is 33.6. The van der Waals surface area contributed by atoms with Gasteiger partial charge in [-0.05, 0) is 98.3 Å². The number of rotatable bonds is 7. The Balaban J connectivity index is 1.33. The predicted octanol–water partition coefficient (Wildman–Crippen LogP) is 7.01. The Morgan fingerprint density at radius 3 is 2.29 bits per heavy atom. The molecule has 0 bridgehead atoms. The molecule has 2 heterocycles. The third-order valence-corrected chi connectivity index (χ3v) is 11.6. The van der Waals surface area contributed by atoms with Gasteiger partial charge in [-0.25, -0.2) is 4.90 Å². The molecule has 10 heteroatoms. The number of imide groups is 2. The number of nitrogens with zero attached hydrogens (tertiary/aromatic N) is 2. The number of carbonyl (C=O) groups excluding carboxylic acids is 5. The van der Waals surface area contributed by atoms with E-state index < -0.39 is 46.8 Å². The zero-order chi connectivity index (χ0) is 36.5. The topological polar surface area (TPSA) is 121 Å². The second-order valence-corrected chi connectivity index (χ2v) is 14.3. The number of phenols is 1. The Kier molecular flexibility index (Phi) is 8.14. The van der Waals surface area contributed by atoms with Gasteiger partial charge in [-0.3, -0.25) is 28.9 Å². The maximum Gasteiger partial charge on any atom is 0.246 e. The summed E-state index contributed by atoms with van der Waals surface area (Å²) in [5.41, 5.74) is 1.79. The number of phenolic OH excluding ortho intramolecular Hbond substituents is 1. The van der Waals surface area contributed by atoms with Crippen LogP contribution in [0.1, 0.15) is 54.1 Å². The molecule has 262 valence electrons. The number of benzene rings is 4. The van der Waals surface area contributed by atoms with E-state index in [9.17, 15) is 24.3 Å². The van der Waals surface area contributed by atoms with Crippen LogP contribution in [0.15, 0.2) is 109 Å². The Bertz CT molecular complexity index is 2200. The molecular weight excluding hydrogens is 680 g/mol. The van der Waals surface area contributed by atoms with Gasteiger partial charge >= 0.3 is 0 Å². The summed E-state index contributed by atoms with van der Waals surface area (Å²) in [5.74, 6) is -5.26. The molecule has 1 saturated carbocycles. The lowest BCUT2D eigenvalue weighted by atomic mass is 9.49. The smallest absolute Gasteiger partial charge is 0.246 e. The van der Waals surface area contributed by atoms with E-state index in [4.69, 9.17) is 16.3 Å². The first-order valence-corrected chi connectivity index (χ1v) is 17.8. The molecule has 0 unspecified atom stereocenters. The van der Waals surface area contributed by atoms with Gasteiger partial charge in [0.05, 0.1) is 41.2 Å². The standard InChI is InChI=1S/C42H35ClN2O7/c1-3-52-35-20-25(14-19-34(35)47)37-30-17-18-31-36(40(50)44(38(31)48)28-15-12-24(13-16-28)23(2)46)32(30)22-33-39(49)45(29-11-7-10-27(43)21-29)41(51)42(33,37)26-8-5-4-6-9-26/h4-17,19-21,31-33,36-37,47H,3,18,22H2,1-2H3/t31-,32+,33-,36-,37-,42+/m0/s1. The molecule has 6 atom stereocenters. The van der Waals surface area contributed by atoms with Gasteiger partial charge in [0, 0.05) is 16.5 Å². The molecule has 9 nitrogen and oxygen atoms in total. The highest BCUT2D eigenvalue weighted by atomic mass is 35.5. The molecule has 2 saturated heterocycles. The second-order valence-electron chi connectivity index (χ2n) is 13.9. The number of anilines is 2. The summed E-state index contributed by atoms with van der Waals surface area (Å²) >= 11 is 6.40. The molecule has 0 spiro atoms. The van der Waals surface area contributed by atoms with Crippen LogP contribution in [-0.4, -0.2) is 41.1 Å². The first-order valence-electron chi connectivity index (χ1n) is 17.4. The van der Waals surface area contributed by atoms with E-state index in [1.165, 1.54) is 22.8 Å². The fraction of sp³-hybridized carbons (Fsp3) is 0.262. The molecule has 2 aliphatic heterocycles. The molecule has 1 N–H and O–H groups in total. The van der Waals surface area contributed by atoms with Gasteiger partial charge in [0.1, 0.15) is 0 Å². The summed E-state index contributed by atoms with van der Waals surface area (Å²) < 4.78 is 5.82. The predicted molar refractivity (Wildman–Crippen MR) is 194 cm³/mol. The summed E-state index contributed by atoms with van der Waals surface area (Å²) in [5, 5.41) is 11.1. The zero-order valence-corrected chi connectivity index (χ0v) is 29.2. The highest BCUT2D eigenvalue weighted by Crippen LogP contribution is 2.65. The van der Waals surface area contributed by atoms with Crippen molar-refractivity contribution in [2.75, 3.05) is 16.4 Å². The minimum atomic E-state index is -1.45. The highest BCUT2D eigenvalue weighted by Gasteiger charge is 2.70. The first-order chi connectivity index (χ1) is 25.1. The number of Topliss-reactive ketones (excluding diaryl/α,β-unsaturated/α-hetero) is 1. The Labute approximate surface area is 305 Å². The molecule has 0 radical (unpaired) electrons. The minimum absolute atomic E-state index is 0.0710. The van der Waals surface area contributed by atoms with E-state index in [0.29, 0.717) is 33.1 Å². The van der Waals surface area contributed by atoms with E-state index in [-0.39, 0.29) is 48.5 Å². The highest BCUT2D eigenvalue weighted by molar-refractivity contribution is 6.32. The number of halogens is 1. The van der Waals surface area contributed by atoms with E-state index in [1.54, 1.807) is 67.6 Å². The monoisotopic (exact) mass is 714 g/mol. The van der Waals surface area contributed by atoms with Crippen LogP contribution in [-0.2, 0) is 24.6 Å². The van der Waals surface area contributed by atoms with Gasteiger partial charge in [0.25, 0.3) is 0 Å². The summed E-state index contributed by atoms with van der Waals surface area (Å²) in [6.07, 6.45) is 2.39. The van der Waals surface area contributed by atoms with Gasteiger partial charge in [-0.2, -0.15) is 0 Å². The number of fused-ring (bicyclic) bond motifs is 4. The largest absolute Gasteiger partial charge is 0.504 e. The number of carbonyl (C=O) groups is 5. The summed E-state index contributed by atoms with van der Waals surface area (Å²) in [6.45, 7) is 3.53. The van der Waals surface area contributed by atoms with Crippen LogP contribution >= 0.6 is 11.6 Å². The number of allylic oxidation sites excluding steroid dienone is 2. The van der Waals surface area contributed by atoms with Crippen LogP contribution in [0.5, 0.6) is 11.5 Å². The summed E-state index contributed by atoms with van der Waals surface area (Å²) in [6, 6.07) is 27.3. The maximum absolute atomic E-state index is 15.4. The molecule has 3 fully saturated rings. The molecule has 4 aliphatic rings. The van der Waals surface area contributed by atoms with Crippen molar-refractivity contribution in [1.29, 1.82) is 0 Å². The molecule has 2 aliphatic carbocycles. The SMILES string of the molecule is CCOc1cc([C@H]2C3=CC[C@@H]4C(=O)N(c5ccc(C(C)=O)cc5)C(=O)[C@@H]4[C@@H]3C[C@H]3C(=O)N(c4cccc(Cl)c4)C(=O)[C@@]23c2ccccc2)ccc1O. The number of hydrogen-bond acceptors (Lipinski definition) is 7. The van der Waals surface area contributed by atoms with Gasteiger partial charge < -0.3 is 9.84 Å². The molecule has 4 amide bonds. The van der Waals surface area contributed by atoms with Crippen LogP contribution in [0.2, 0.25) is 5.02 Å². The molecule has 4 aromatic rings. The Hall–Kier alpha value is -5.54. The van der Waals surface area contributed by atoms with E-state index >= 15 is 4.79 Å². The average Bonchev–Trinajstić information content (AvgIpc) is 3.53. The minimum Gasteiger partial charge on any atom is -0.504 e. The van der Waals surface area contributed by atoms with Crippen LogP contribution < -0.4 is 14.5 Å². The Morgan fingerprint density at radius 2 is 1.60 bits per heavy atom. The number of amides is 4. The lowest BCUT2D eigenvalue weighted by Crippen LogP contribution is -2.53. The van der Waals surface area contributed by atoms with Gasteiger partial charge in [0.15, 0.2) is 17.3 Å². The number of hydrogen-bond donors (Lipinski definition) is 1. The van der Waals surface area contributed by atoms with Crippen molar-refractivity contribution in [3.63, 3.8) is 0 Å². The van der Waals surface area contributed by atoms with Crippen LogP contribution in [0, 0.1) is 23.7 Å². The van der Waals surface area contributed by atoms with Crippen LogP contribution in [0.25, 0.3) is 0 Å². The van der Waals surface area contributed by atoms with Crippen LogP contribution in [0.4, 0.5) is 11.4 Å². The fourth-order valence-electron chi connectivity index (χ4n) is 9.20. The number of ether oxygens (including phenoxy) is 1. The van der Waals surface area contributed by atoms with Crippen molar-refractivity contribution in [3.8, 4) is 11.5 Å². The number of aromatic hydroxyl groups is 1. The van der Waals surface area contributed by atoms with Crippen molar-refractivity contribution < 1.29 is 33.8 Å². The second kappa shape index (κ2) is 12.6. The average molecular weight is 715 g/mol. The Morgan fingerprint density at radius 1 is 0.846 bits per heavy atom. The van der Waals surface area contributed by atoms with E-state index in [1.807, 2.05) is 36.4 Å². The van der Waals surface area contributed by atoms with Crippen molar-refractivity contribution >= 4 is 52.4 Å². The summed E-state index contributed by atoms with van der Waals surface area (Å²) in [4.78, 5) is 73.3. The van der Waals surface area contributed by atoms with Gasteiger partial charge in [-0.1, -0.05) is 65.7 Å². The third kappa shape index (κ3) is 4.86. The molecular formula is C42H35ClN2O7. The van der Waals surface area contributed by atoms with E-state index in [0.717, 1.165) is 5.57 Å². The van der Waals surface area contributed by atoms with Crippen molar-refractivity contribution in [1.82, 2.24) is 0 Å². The lowest BCUT2D eigenvalue weighted by Gasteiger charge is -2.50. The molecule has 52 heavy (non-hydrogen) atoms. The van der Waals surface area contributed by atoms with Gasteiger partial charge in [-0.15, -0.1) is 0 Å². The fourth-order valence-corrected chi connectivity index (χ4v) is 9.38. The lowest BCUT2D eigenvalue weighted by molar-refractivity contribution is -0.127. The molecule has 4 aromatic carbocycles. The van der Waals surface area contributed by atoms with E-state index in [2.05, 4.69) is 0 Å². The van der Waals surface area contributed by atoms with Crippen molar-refractivity contribution in [2.24, 2.45) is 23.7 Å². The van der Waals surface area contributed by atoms with Crippen molar-refractivity contribution in [3.05, 3.63) is 130 Å². The quantitative estimate of drug-likeness (QED) is 0.124. The zero-order valence-electron chi connectivity index (χ0n) is 28.5. The third-order valence-electron chi connectivity index (χ3n) is 11.3.